The van der Waals surface area contributed by atoms with Crippen LogP contribution in [0, 0.1) is 6.92 Å². The molecule has 0 atom stereocenters. The first-order valence-electron chi connectivity index (χ1n) is 9.97. The molecule has 0 spiro atoms. The summed E-state index contributed by atoms with van der Waals surface area (Å²) in [5, 5.41) is 2.93. The minimum absolute atomic E-state index is 0. The third-order valence-electron chi connectivity index (χ3n) is 5.46. The molecule has 0 aromatic heterocycles. The van der Waals surface area contributed by atoms with Crippen LogP contribution < -0.4 is 29.3 Å². The number of halogens is 1. The molecule has 1 heterocycles. The highest BCUT2D eigenvalue weighted by molar-refractivity contribution is 6.01. The van der Waals surface area contributed by atoms with Crippen molar-refractivity contribution >= 4 is 17.7 Å². The highest BCUT2D eigenvalue weighted by atomic mass is 127. The molecule has 5 heteroatoms. The number of amides is 1. The number of quaternary nitrogens is 1. The summed E-state index contributed by atoms with van der Waals surface area (Å²) in [7, 11) is 4.59. The number of benzene rings is 2. The summed E-state index contributed by atoms with van der Waals surface area (Å²) in [4.78, 5) is 12.2. The number of anilines is 1. The Kier molecular flexibility index (Phi) is 8.86. The summed E-state index contributed by atoms with van der Waals surface area (Å²) in [5.41, 5.74) is 4.31. The summed E-state index contributed by atoms with van der Waals surface area (Å²) >= 11 is 0. The molecule has 0 radical (unpaired) electrons. The third-order valence-corrected chi connectivity index (χ3v) is 5.46. The van der Waals surface area contributed by atoms with E-state index in [1.165, 1.54) is 11.1 Å². The van der Waals surface area contributed by atoms with Crippen molar-refractivity contribution in [3.05, 3.63) is 71.3 Å². The molecule has 2 aromatic carbocycles. The molecule has 156 valence electrons. The molecule has 1 aliphatic heterocycles. The molecule has 0 unspecified atom stereocenters. The van der Waals surface area contributed by atoms with Crippen molar-refractivity contribution < 1.29 is 38.0 Å². The maximum absolute atomic E-state index is 12.2. The van der Waals surface area contributed by atoms with E-state index in [4.69, 9.17) is 4.74 Å². The van der Waals surface area contributed by atoms with Crippen molar-refractivity contribution in [3.8, 4) is 0 Å². The number of hydrogen-bond acceptors (Lipinski definition) is 2. The first-order valence-corrected chi connectivity index (χ1v) is 9.97. The van der Waals surface area contributed by atoms with Gasteiger partial charge in [0.25, 0.3) is 0 Å². The lowest BCUT2D eigenvalue weighted by atomic mass is 10.0. The van der Waals surface area contributed by atoms with Gasteiger partial charge in [-0.15, -0.1) is 0 Å². The second kappa shape index (κ2) is 10.9. The van der Waals surface area contributed by atoms with Crippen LogP contribution in [0.15, 0.2) is 54.6 Å². The van der Waals surface area contributed by atoms with E-state index in [0.29, 0.717) is 6.04 Å². The number of hydrogen-bond donors (Lipinski definition) is 1. The molecule has 29 heavy (non-hydrogen) atoms. The number of nitrogens with zero attached hydrogens (tertiary/aromatic N) is 1. The van der Waals surface area contributed by atoms with Crippen LogP contribution >= 0.6 is 0 Å². The minimum Gasteiger partial charge on any atom is -1.00 e. The fourth-order valence-electron chi connectivity index (χ4n) is 3.81. The molecule has 4 nitrogen and oxygen atoms in total. The molecule has 2 aromatic rings. The summed E-state index contributed by atoms with van der Waals surface area (Å²) < 4.78 is 6.46. The minimum atomic E-state index is -0.118. The average Bonchev–Trinajstić information content (AvgIpc) is 2.68. The topological polar surface area (TPSA) is 38.3 Å². The third kappa shape index (κ3) is 7.24. The Labute approximate surface area is 191 Å². The zero-order valence-corrected chi connectivity index (χ0v) is 19.7. The Bertz CT molecular complexity index is 825. The zero-order chi connectivity index (χ0) is 20.0. The molecule has 0 saturated carbocycles. The number of ether oxygens (including phenoxy) is 1. The number of carbonyl (C=O) groups excluding carboxylic acids is 1. The van der Waals surface area contributed by atoms with Crippen molar-refractivity contribution in [2.24, 2.45) is 0 Å². The molecule has 1 N–H and O–H groups in total. The Balaban J connectivity index is 0.00000300. The number of aryl methyl sites for hydroxylation is 1. The van der Waals surface area contributed by atoms with E-state index in [9.17, 15) is 4.79 Å². The van der Waals surface area contributed by atoms with Gasteiger partial charge in [0.2, 0.25) is 5.91 Å². The maximum Gasteiger partial charge on any atom is 0.248 e. The van der Waals surface area contributed by atoms with E-state index in [2.05, 4.69) is 37.6 Å². The maximum atomic E-state index is 12.2. The molecular formula is C24H31IN2O2. The molecule has 0 bridgehead atoms. The van der Waals surface area contributed by atoms with E-state index in [1.54, 1.807) is 6.08 Å². The highest BCUT2D eigenvalue weighted by Crippen LogP contribution is 2.22. The van der Waals surface area contributed by atoms with Gasteiger partial charge in [0.05, 0.1) is 33.4 Å². The Hall–Kier alpha value is -1.70. The van der Waals surface area contributed by atoms with Crippen LogP contribution in [-0.4, -0.2) is 43.7 Å². The predicted molar refractivity (Wildman–Crippen MR) is 115 cm³/mol. The van der Waals surface area contributed by atoms with Crippen molar-refractivity contribution in [2.75, 3.05) is 32.6 Å². The Morgan fingerprint density at radius 2 is 1.83 bits per heavy atom. The highest BCUT2D eigenvalue weighted by Gasteiger charge is 2.30. The van der Waals surface area contributed by atoms with Crippen molar-refractivity contribution in [3.63, 3.8) is 0 Å². The monoisotopic (exact) mass is 506 g/mol. The van der Waals surface area contributed by atoms with Gasteiger partial charge < -0.3 is 38.5 Å². The van der Waals surface area contributed by atoms with Gasteiger partial charge in [0, 0.05) is 30.2 Å². The van der Waals surface area contributed by atoms with Gasteiger partial charge in [-0.2, -0.15) is 0 Å². The lowest BCUT2D eigenvalue weighted by Gasteiger charge is -2.40. The van der Waals surface area contributed by atoms with E-state index in [0.717, 1.165) is 48.3 Å². The fourth-order valence-corrected chi connectivity index (χ4v) is 3.81. The van der Waals surface area contributed by atoms with E-state index in [1.807, 2.05) is 43.3 Å². The second-order valence-electron chi connectivity index (χ2n) is 8.21. The van der Waals surface area contributed by atoms with Crippen LogP contribution in [0.2, 0.25) is 0 Å². The first kappa shape index (κ1) is 23.6. The van der Waals surface area contributed by atoms with Crippen molar-refractivity contribution in [1.82, 2.24) is 0 Å². The second-order valence-corrected chi connectivity index (χ2v) is 8.21. The Morgan fingerprint density at radius 1 is 1.14 bits per heavy atom. The summed E-state index contributed by atoms with van der Waals surface area (Å²) in [6.07, 6.45) is 5.65. The van der Waals surface area contributed by atoms with Crippen LogP contribution in [0.25, 0.3) is 6.08 Å². The smallest absolute Gasteiger partial charge is 0.248 e. The van der Waals surface area contributed by atoms with Gasteiger partial charge in [0.1, 0.15) is 6.54 Å². The van der Waals surface area contributed by atoms with Gasteiger partial charge in [-0.3, -0.25) is 4.79 Å². The Morgan fingerprint density at radius 3 is 2.48 bits per heavy atom. The molecule has 0 aliphatic carbocycles. The van der Waals surface area contributed by atoms with Crippen LogP contribution in [-0.2, 0) is 16.1 Å². The van der Waals surface area contributed by atoms with Gasteiger partial charge in [0.15, 0.2) is 0 Å². The van der Waals surface area contributed by atoms with Crippen molar-refractivity contribution in [1.29, 1.82) is 0 Å². The lowest BCUT2D eigenvalue weighted by molar-refractivity contribution is -0.929. The van der Waals surface area contributed by atoms with Crippen molar-refractivity contribution in [2.45, 2.75) is 32.4 Å². The summed E-state index contributed by atoms with van der Waals surface area (Å²) in [5.74, 6) is -0.118. The first-order chi connectivity index (χ1) is 13.4. The van der Waals surface area contributed by atoms with E-state index < -0.39 is 0 Å². The zero-order valence-electron chi connectivity index (χ0n) is 17.5. The molecule has 1 aliphatic rings. The normalized spacial score (nSPS) is 15.1. The number of rotatable bonds is 6. The standard InChI is InChI=1S/C24H30N2O2.HI/c1-19-5-4-6-20(17-19)9-12-24(27)25-22-10-7-21(8-11-22)18-26(2,3)23-13-15-28-16-14-23;/h4-12,17,23H,13-16,18H2,1-3H3;1H. The van der Waals surface area contributed by atoms with Gasteiger partial charge in [-0.1, -0.05) is 42.0 Å². The van der Waals surface area contributed by atoms with Gasteiger partial charge in [-0.05, 0) is 30.7 Å². The van der Waals surface area contributed by atoms with Crippen LogP contribution in [0.1, 0.15) is 29.5 Å². The molecule has 1 fully saturated rings. The molecule has 1 amide bonds. The molecule has 1 saturated heterocycles. The lowest BCUT2D eigenvalue weighted by Crippen LogP contribution is -3.00. The van der Waals surface area contributed by atoms with Crippen LogP contribution in [0.4, 0.5) is 5.69 Å². The number of nitrogens with one attached hydrogen (secondary N) is 1. The molecular weight excluding hydrogens is 475 g/mol. The van der Waals surface area contributed by atoms with Gasteiger partial charge in [-0.25, -0.2) is 0 Å². The fraction of sp³-hybridized carbons (Fsp3) is 0.375. The predicted octanol–water partition coefficient (Wildman–Crippen LogP) is 1.41. The van der Waals surface area contributed by atoms with Crippen LogP contribution in [0.5, 0.6) is 0 Å². The van der Waals surface area contributed by atoms with E-state index >= 15 is 0 Å². The quantitative estimate of drug-likeness (QED) is 0.366. The van der Waals surface area contributed by atoms with Gasteiger partial charge >= 0.3 is 0 Å². The average molecular weight is 506 g/mol. The van der Waals surface area contributed by atoms with Crippen LogP contribution in [0.3, 0.4) is 0 Å². The largest absolute Gasteiger partial charge is 1.00 e. The number of carbonyl (C=O) groups is 1. The summed E-state index contributed by atoms with van der Waals surface area (Å²) in [6, 6.07) is 16.9. The molecule has 3 rings (SSSR count). The summed E-state index contributed by atoms with van der Waals surface area (Å²) in [6.45, 7) is 4.76. The van der Waals surface area contributed by atoms with E-state index in [-0.39, 0.29) is 29.9 Å². The SMILES string of the molecule is Cc1cccc(C=CC(=O)Nc2ccc(C[N+](C)(C)C3CCOCC3)cc2)c1.[I-].